The van der Waals surface area contributed by atoms with Crippen molar-refractivity contribution >= 4 is 22.5 Å². The molecule has 0 saturated carbocycles. The molecule has 4 atom stereocenters. The van der Waals surface area contributed by atoms with Crippen molar-refractivity contribution in [2.24, 2.45) is 0 Å². The van der Waals surface area contributed by atoms with Crippen LogP contribution in [0.4, 0.5) is 29.2 Å². The maximum atomic E-state index is 16.6. The Hall–Kier alpha value is -3.72. The van der Waals surface area contributed by atoms with Gasteiger partial charge >= 0.3 is 12.6 Å². The van der Waals surface area contributed by atoms with E-state index in [0.717, 1.165) is 19.4 Å². The Balaban J connectivity index is 1.52. The Kier molecular flexibility index (Phi) is 8.26. The molecular weight excluding hydrogens is 584 g/mol. The van der Waals surface area contributed by atoms with Crippen LogP contribution in [-0.4, -0.2) is 88.1 Å². The highest BCUT2D eigenvalue weighted by atomic mass is 19.3. The van der Waals surface area contributed by atoms with E-state index in [1.807, 2.05) is 13.8 Å². The Morgan fingerprint density at radius 2 is 2.05 bits per heavy atom. The minimum Gasteiger partial charge on any atom is -0.474 e. The molecule has 0 spiro atoms. The van der Waals surface area contributed by atoms with Crippen LogP contribution in [0.3, 0.4) is 0 Å². The minimum absolute atomic E-state index is 0.000150. The highest BCUT2D eigenvalue weighted by Crippen LogP contribution is 2.43. The summed E-state index contributed by atoms with van der Waals surface area (Å²) < 4.78 is 75.0. The number of fused-ring (bicyclic) bond motifs is 1. The lowest BCUT2D eigenvalue weighted by Gasteiger charge is -2.30. The van der Waals surface area contributed by atoms with Crippen LogP contribution in [0.25, 0.3) is 22.2 Å². The average molecular weight is 621 g/mol. The third kappa shape index (κ3) is 5.86. The molecule has 238 valence electrons. The molecule has 3 aromatic heterocycles. The number of anilines is 2. The zero-order chi connectivity index (χ0) is 31.2. The van der Waals surface area contributed by atoms with Crippen LogP contribution in [0.2, 0.25) is 0 Å². The molecule has 0 radical (unpaired) electrons. The van der Waals surface area contributed by atoms with Gasteiger partial charge in [-0.1, -0.05) is 0 Å². The maximum absolute atomic E-state index is 16.6. The number of nitrogens with two attached hydrogens (primary N) is 1. The van der Waals surface area contributed by atoms with E-state index in [2.05, 4.69) is 35.5 Å². The van der Waals surface area contributed by atoms with Gasteiger partial charge in [0.2, 0.25) is 5.88 Å². The van der Waals surface area contributed by atoms with E-state index in [9.17, 15) is 13.2 Å². The third-order valence-corrected chi connectivity index (χ3v) is 8.52. The molecule has 6 rings (SSSR count). The number of aromatic nitrogens is 4. The largest absolute Gasteiger partial charge is 0.474 e. The summed E-state index contributed by atoms with van der Waals surface area (Å²) in [6.45, 7) is 4.37. The predicted molar refractivity (Wildman–Crippen MR) is 156 cm³/mol. The van der Waals surface area contributed by atoms with Crippen LogP contribution in [0.5, 0.6) is 17.6 Å². The normalized spacial score (nSPS) is 25.8. The van der Waals surface area contributed by atoms with E-state index < -0.39 is 24.1 Å². The summed E-state index contributed by atoms with van der Waals surface area (Å²) in [5.41, 5.74) is 4.80. The first-order valence-electron chi connectivity index (χ1n) is 14.8. The molecule has 11 nitrogen and oxygen atoms in total. The summed E-state index contributed by atoms with van der Waals surface area (Å²) >= 11 is 0. The highest BCUT2D eigenvalue weighted by molar-refractivity contribution is 5.96. The molecule has 3 aliphatic heterocycles. The fourth-order valence-electron chi connectivity index (χ4n) is 6.43. The molecule has 0 aliphatic carbocycles. The lowest BCUT2D eigenvalue weighted by molar-refractivity contribution is -0.0501. The number of rotatable bonds is 6. The number of hydrogen-bond acceptors (Lipinski definition) is 11. The van der Waals surface area contributed by atoms with Crippen molar-refractivity contribution in [3.63, 3.8) is 0 Å². The van der Waals surface area contributed by atoms with Gasteiger partial charge in [-0.05, 0) is 59.2 Å². The molecule has 4 N–H and O–H groups in total. The number of ether oxygens (including phenoxy) is 3. The van der Waals surface area contributed by atoms with Crippen molar-refractivity contribution in [1.82, 2.24) is 30.2 Å². The van der Waals surface area contributed by atoms with E-state index in [4.69, 9.17) is 19.9 Å². The first-order valence-corrected chi connectivity index (χ1v) is 14.8. The predicted octanol–water partition coefficient (Wildman–Crippen LogP) is 4.23. The maximum Gasteiger partial charge on any atom is 0.387 e. The summed E-state index contributed by atoms with van der Waals surface area (Å²) in [6.07, 6.45) is 1.31. The summed E-state index contributed by atoms with van der Waals surface area (Å²) in [5, 5.41) is 6.81. The number of alkyl halides is 3. The summed E-state index contributed by atoms with van der Waals surface area (Å²) in [6, 6.07) is 1.12. The second-order valence-electron chi connectivity index (χ2n) is 11.9. The third-order valence-electron chi connectivity index (χ3n) is 8.52. The molecule has 0 amide bonds. The van der Waals surface area contributed by atoms with E-state index >= 15 is 4.39 Å². The van der Waals surface area contributed by atoms with Crippen molar-refractivity contribution in [3.8, 4) is 28.9 Å². The molecule has 0 aromatic carbocycles. The first kappa shape index (κ1) is 30.3. The van der Waals surface area contributed by atoms with Gasteiger partial charge in [-0.2, -0.15) is 18.7 Å². The van der Waals surface area contributed by atoms with Crippen molar-refractivity contribution in [2.45, 2.75) is 76.9 Å². The molecule has 3 aromatic rings. The Labute approximate surface area is 251 Å². The molecule has 2 fully saturated rings. The molecule has 3 aliphatic rings. The monoisotopic (exact) mass is 620 g/mol. The van der Waals surface area contributed by atoms with Crippen molar-refractivity contribution < 1.29 is 31.8 Å². The number of pyridine rings is 2. The van der Waals surface area contributed by atoms with Crippen LogP contribution in [-0.2, 0) is 0 Å². The first-order chi connectivity index (χ1) is 21.0. The molecule has 6 heterocycles. The van der Waals surface area contributed by atoms with Crippen LogP contribution in [0, 0.1) is 12.7 Å². The number of nitrogens with zero attached hydrogens (tertiary/aromatic N) is 5. The van der Waals surface area contributed by atoms with E-state index in [1.54, 1.807) is 0 Å². The SMILES string of the molecule is Cc1nc(N)cc(-c2nc3c4c(nc(OCC56CCCN5C[C@H](F)C6)nc4c2F)NCC(C)NCC[C@H](C)O3)c1OC(F)F. The second kappa shape index (κ2) is 12.0. The van der Waals surface area contributed by atoms with E-state index in [-0.39, 0.29) is 75.9 Å². The number of nitrogen functional groups attached to an aromatic ring is 1. The Morgan fingerprint density at radius 1 is 1.23 bits per heavy atom. The molecule has 0 bridgehead atoms. The van der Waals surface area contributed by atoms with E-state index in [1.165, 1.54) is 13.0 Å². The minimum atomic E-state index is -3.21. The van der Waals surface area contributed by atoms with Crippen LogP contribution in [0.15, 0.2) is 6.07 Å². The highest BCUT2D eigenvalue weighted by Gasteiger charge is 2.49. The number of aryl methyl sites for hydroxylation is 1. The Bertz CT molecular complexity index is 1550. The van der Waals surface area contributed by atoms with Crippen LogP contribution >= 0.6 is 0 Å². The van der Waals surface area contributed by atoms with Gasteiger partial charge < -0.3 is 30.6 Å². The van der Waals surface area contributed by atoms with Gasteiger partial charge in [0.1, 0.15) is 41.0 Å². The van der Waals surface area contributed by atoms with Gasteiger partial charge in [0.05, 0.1) is 22.9 Å². The quantitative estimate of drug-likeness (QED) is 0.342. The lowest BCUT2D eigenvalue weighted by Crippen LogP contribution is -2.43. The van der Waals surface area contributed by atoms with Crippen molar-refractivity contribution in [2.75, 3.05) is 43.8 Å². The van der Waals surface area contributed by atoms with Crippen LogP contribution < -0.4 is 30.6 Å². The van der Waals surface area contributed by atoms with Gasteiger partial charge in [0.15, 0.2) is 11.6 Å². The van der Waals surface area contributed by atoms with Gasteiger partial charge in [0, 0.05) is 25.6 Å². The zero-order valence-corrected chi connectivity index (χ0v) is 24.8. The number of nitrogens with one attached hydrogen (secondary N) is 2. The fraction of sp³-hybridized carbons (Fsp3) is 0.586. The van der Waals surface area contributed by atoms with Gasteiger partial charge in [-0.15, -0.1) is 0 Å². The molecule has 2 unspecified atom stereocenters. The summed E-state index contributed by atoms with van der Waals surface area (Å²) in [4.78, 5) is 19.6. The molecule has 44 heavy (non-hydrogen) atoms. The molecular formula is C29H36F4N8O3. The van der Waals surface area contributed by atoms with Gasteiger partial charge in [-0.25, -0.2) is 18.7 Å². The van der Waals surface area contributed by atoms with E-state index in [0.29, 0.717) is 32.5 Å². The average Bonchev–Trinajstić information content (AvgIpc) is 3.48. The molecule has 2 saturated heterocycles. The summed E-state index contributed by atoms with van der Waals surface area (Å²) in [7, 11) is 0. The van der Waals surface area contributed by atoms with Gasteiger partial charge in [0.25, 0.3) is 0 Å². The molecule has 15 heteroatoms. The van der Waals surface area contributed by atoms with Crippen molar-refractivity contribution in [1.29, 1.82) is 0 Å². The smallest absolute Gasteiger partial charge is 0.387 e. The number of hydrogen-bond donors (Lipinski definition) is 3. The van der Waals surface area contributed by atoms with Crippen molar-refractivity contribution in [3.05, 3.63) is 17.6 Å². The zero-order valence-electron chi connectivity index (χ0n) is 24.8. The Morgan fingerprint density at radius 3 is 2.84 bits per heavy atom. The van der Waals surface area contributed by atoms with Gasteiger partial charge in [-0.3, -0.25) is 4.90 Å². The summed E-state index contributed by atoms with van der Waals surface area (Å²) in [5.74, 6) is -1.13. The topological polar surface area (TPSA) is 133 Å². The standard InChI is InChI=1S/C29H36F4N8O3/c1-14-11-36-25-20-23(39-28(40-25)42-13-29-6-4-8-41(29)12-17(30)10-29)21(31)22(38-26(20)43-15(2)5-7-35-14)18-9-19(34)37-16(3)24(18)44-27(32)33/h9,14-15,17,27,35H,4-8,10-13H2,1-3H3,(H2,34,37)(H,36,39,40)/t14?,15-,17+,29?/m0/s1. The lowest BCUT2D eigenvalue weighted by atomic mass is 9.95. The second-order valence-corrected chi connectivity index (χ2v) is 11.9. The van der Waals surface area contributed by atoms with Crippen LogP contribution in [0.1, 0.15) is 45.2 Å². The number of halogens is 4. The fourth-order valence-corrected chi connectivity index (χ4v) is 6.43.